The zero-order valence-electron chi connectivity index (χ0n) is 9.92. The highest BCUT2D eigenvalue weighted by molar-refractivity contribution is 6.31. The molecule has 0 bridgehead atoms. The van der Waals surface area contributed by atoms with Crippen LogP contribution in [0.1, 0.15) is 17.1 Å². The molecule has 0 unspecified atom stereocenters. The molecular formula is C11H12ClN5O. The summed E-state index contributed by atoms with van der Waals surface area (Å²) in [7, 11) is 0. The number of nitrogens with zero attached hydrogens (tertiary/aromatic N) is 4. The third-order valence-corrected chi connectivity index (χ3v) is 3.11. The lowest BCUT2D eigenvalue weighted by atomic mass is 10.2. The summed E-state index contributed by atoms with van der Waals surface area (Å²) in [5.41, 5.74) is 8.04. The maximum absolute atomic E-state index is 8.76. The van der Waals surface area contributed by atoms with Gasteiger partial charge in [-0.2, -0.15) is 5.10 Å². The SMILES string of the molecule is Cc1nn(-c2cccnc2/C(N)=N/O)c(C)c1Cl. The number of oxime groups is 1. The quantitative estimate of drug-likeness (QED) is 0.374. The first-order valence-electron chi connectivity index (χ1n) is 5.21. The van der Waals surface area contributed by atoms with Crippen LogP contribution < -0.4 is 5.73 Å². The molecule has 0 radical (unpaired) electrons. The average Bonchev–Trinajstić information content (AvgIpc) is 2.65. The van der Waals surface area contributed by atoms with E-state index in [1.165, 1.54) is 0 Å². The molecule has 2 heterocycles. The maximum Gasteiger partial charge on any atom is 0.190 e. The number of pyridine rings is 1. The van der Waals surface area contributed by atoms with Crippen LogP contribution in [0.5, 0.6) is 0 Å². The molecule has 2 rings (SSSR count). The summed E-state index contributed by atoms with van der Waals surface area (Å²) in [4.78, 5) is 4.09. The second-order valence-electron chi connectivity index (χ2n) is 3.75. The zero-order valence-corrected chi connectivity index (χ0v) is 10.7. The van der Waals surface area contributed by atoms with Crippen LogP contribution in [-0.4, -0.2) is 25.8 Å². The second kappa shape index (κ2) is 4.66. The van der Waals surface area contributed by atoms with Crippen molar-refractivity contribution >= 4 is 17.4 Å². The van der Waals surface area contributed by atoms with Gasteiger partial charge in [0.2, 0.25) is 0 Å². The van der Waals surface area contributed by atoms with Crippen LogP contribution in [0.25, 0.3) is 5.69 Å². The Kier molecular flexibility index (Phi) is 3.20. The van der Waals surface area contributed by atoms with Gasteiger partial charge in [0.1, 0.15) is 5.69 Å². The Morgan fingerprint density at radius 2 is 2.22 bits per heavy atom. The van der Waals surface area contributed by atoms with E-state index in [0.29, 0.717) is 22.1 Å². The lowest BCUT2D eigenvalue weighted by molar-refractivity contribution is 0.318. The van der Waals surface area contributed by atoms with Gasteiger partial charge >= 0.3 is 0 Å². The number of aromatic nitrogens is 3. The highest BCUT2D eigenvalue weighted by Crippen LogP contribution is 2.23. The first kappa shape index (κ1) is 12.4. The van der Waals surface area contributed by atoms with Crippen LogP contribution in [0, 0.1) is 13.8 Å². The molecule has 0 atom stereocenters. The van der Waals surface area contributed by atoms with Gasteiger partial charge in [-0.3, -0.25) is 4.98 Å². The summed E-state index contributed by atoms with van der Waals surface area (Å²) >= 11 is 6.10. The number of hydrogen-bond acceptors (Lipinski definition) is 4. The van der Waals surface area contributed by atoms with Crippen molar-refractivity contribution in [2.75, 3.05) is 0 Å². The molecule has 0 saturated carbocycles. The van der Waals surface area contributed by atoms with Crippen LogP contribution in [0.4, 0.5) is 0 Å². The fraction of sp³-hybridized carbons (Fsp3) is 0.182. The third kappa shape index (κ3) is 1.91. The number of rotatable bonds is 2. The molecule has 0 spiro atoms. The fourth-order valence-corrected chi connectivity index (χ4v) is 1.79. The van der Waals surface area contributed by atoms with E-state index in [0.717, 1.165) is 5.69 Å². The normalized spacial score (nSPS) is 11.8. The van der Waals surface area contributed by atoms with Crippen LogP contribution >= 0.6 is 11.6 Å². The van der Waals surface area contributed by atoms with E-state index >= 15 is 0 Å². The second-order valence-corrected chi connectivity index (χ2v) is 4.13. The molecule has 2 aromatic rings. The number of nitrogens with two attached hydrogens (primary N) is 1. The molecule has 7 heteroatoms. The van der Waals surface area contributed by atoms with E-state index < -0.39 is 0 Å². The molecule has 3 N–H and O–H groups in total. The number of amidine groups is 1. The number of hydrogen-bond donors (Lipinski definition) is 2. The minimum absolute atomic E-state index is 0.0747. The number of halogens is 1. The van der Waals surface area contributed by atoms with Gasteiger partial charge in [-0.05, 0) is 26.0 Å². The lowest BCUT2D eigenvalue weighted by Crippen LogP contribution is -2.18. The van der Waals surface area contributed by atoms with E-state index in [-0.39, 0.29) is 5.84 Å². The van der Waals surface area contributed by atoms with Crippen molar-refractivity contribution in [3.63, 3.8) is 0 Å². The van der Waals surface area contributed by atoms with Gasteiger partial charge in [0.25, 0.3) is 0 Å². The predicted molar refractivity (Wildman–Crippen MR) is 68.4 cm³/mol. The van der Waals surface area contributed by atoms with Crippen molar-refractivity contribution in [3.05, 3.63) is 40.4 Å². The van der Waals surface area contributed by atoms with Crippen molar-refractivity contribution in [3.8, 4) is 5.69 Å². The highest BCUT2D eigenvalue weighted by Gasteiger charge is 2.16. The van der Waals surface area contributed by atoms with Crippen LogP contribution in [-0.2, 0) is 0 Å². The first-order chi connectivity index (χ1) is 8.56. The summed E-state index contributed by atoms with van der Waals surface area (Å²) < 4.78 is 1.62. The largest absolute Gasteiger partial charge is 0.409 e. The van der Waals surface area contributed by atoms with E-state index in [1.54, 1.807) is 23.0 Å². The first-order valence-corrected chi connectivity index (χ1v) is 5.59. The predicted octanol–water partition coefficient (Wildman–Crippen LogP) is 1.63. The Bertz CT molecular complexity index is 620. The summed E-state index contributed by atoms with van der Waals surface area (Å²) in [6, 6.07) is 3.52. The molecule has 0 aliphatic heterocycles. The molecule has 0 aliphatic rings. The van der Waals surface area contributed by atoms with Crippen molar-refractivity contribution in [1.82, 2.24) is 14.8 Å². The summed E-state index contributed by atoms with van der Waals surface area (Å²) in [6.45, 7) is 3.65. The lowest BCUT2D eigenvalue weighted by Gasteiger charge is -2.08. The molecular weight excluding hydrogens is 254 g/mol. The van der Waals surface area contributed by atoms with Gasteiger partial charge in [0, 0.05) is 6.20 Å². The topological polar surface area (TPSA) is 89.3 Å². The smallest absolute Gasteiger partial charge is 0.190 e. The highest BCUT2D eigenvalue weighted by atomic mass is 35.5. The standard InChI is InChI=1S/C11H12ClN5O/c1-6-9(12)7(2)17(15-6)8-4-3-5-14-10(8)11(13)16-18/h3-5,18H,1-2H3,(H2,13,16). The zero-order chi connectivity index (χ0) is 13.3. The van der Waals surface area contributed by atoms with Gasteiger partial charge in [0.05, 0.1) is 22.1 Å². The Labute approximate surface area is 109 Å². The summed E-state index contributed by atoms with van der Waals surface area (Å²) in [6.07, 6.45) is 1.56. The van der Waals surface area contributed by atoms with Crippen molar-refractivity contribution in [2.45, 2.75) is 13.8 Å². The molecule has 0 fully saturated rings. The van der Waals surface area contributed by atoms with Crippen LogP contribution in [0.2, 0.25) is 5.02 Å². The summed E-state index contributed by atoms with van der Waals surface area (Å²) in [5, 5.41) is 16.6. The van der Waals surface area contributed by atoms with Crippen LogP contribution in [0.15, 0.2) is 23.5 Å². The molecule has 0 amide bonds. The summed E-state index contributed by atoms with van der Waals surface area (Å²) in [5.74, 6) is -0.0747. The molecule has 2 aromatic heterocycles. The average molecular weight is 266 g/mol. The van der Waals surface area contributed by atoms with Crippen molar-refractivity contribution in [2.24, 2.45) is 10.9 Å². The minimum atomic E-state index is -0.0747. The van der Waals surface area contributed by atoms with Crippen LogP contribution in [0.3, 0.4) is 0 Å². The Balaban J connectivity index is 2.68. The molecule has 0 aromatic carbocycles. The van der Waals surface area contributed by atoms with E-state index in [1.807, 2.05) is 13.8 Å². The van der Waals surface area contributed by atoms with Gasteiger partial charge in [0.15, 0.2) is 5.84 Å². The Morgan fingerprint density at radius 1 is 1.50 bits per heavy atom. The van der Waals surface area contributed by atoms with Gasteiger partial charge in [-0.1, -0.05) is 16.8 Å². The molecule has 94 valence electrons. The van der Waals surface area contributed by atoms with Crippen molar-refractivity contribution < 1.29 is 5.21 Å². The van der Waals surface area contributed by atoms with E-state index in [4.69, 9.17) is 22.5 Å². The van der Waals surface area contributed by atoms with Gasteiger partial charge in [-0.15, -0.1) is 0 Å². The Hall–Kier alpha value is -2.08. The number of aryl methyl sites for hydroxylation is 1. The van der Waals surface area contributed by atoms with E-state index in [9.17, 15) is 0 Å². The Morgan fingerprint density at radius 3 is 2.78 bits per heavy atom. The molecule has 0 saturated heterocycles. The van der Waals surface area contributed by atoms with Gasteiger partial charge < -0.3 is 10.9 Å². The molecule has 0 aliphatic carbocycles. The maximum atomic E-state index is 8.76. The molecule has 18 heavy (non-hydrogen) atoms. The monoisotopic (exact) mass is 265 g/mol. The molecule has 6 nitrogen and oxygen atoms in total. The third-order valence-electron chi connectivity index (χ3n) is 2.57. The fourth-order valence-electron chi connectivity index (χ4n) is 1.67. The van der Waals surface area contributed by atoms with Gasteiger partial charge in [-0.25, -0.2) is 4.68 Å². The minimum Gasteiger partial charge on any atom is -0.409 e. The van der Waals surface area contributed by atoms with E-state index in [2.05, 4.69) is 15.2 Å². The van der Waals surface area contributed by atoms with Crippen molar-refractivity contribution in [1.29, 1.82) is 0 Å².